The topological polar surface area (TPSA) is 47.3 Å². The lowest BCUT2D eigenvalue weighted by Gasteiger charge is -2.21. The van der Waals surface area contributed by atoms with Crippen molar-refractivity contribution < 1.29 is 9.18 Å². The number of benzene rings is 1. The highest BCUT2D eigenvalue weighted by atomic mass is 19.1. The fourth-order valence-corrected chi connectivity index (χ4v) is 2.46. The van der Waals surface area contributed by atoms with Crippen LogP contribution in [0.1, 0.15) is 24.5 Å². The zero-order valence-electron chi connectivity index (χ0n) is 11.6. The van der Waals surface area contributed by atoms with Crippen LogP contribution in [0, 0.1) is 17.1 Å². The lowest BCUT2D eigenvalue weighted by molar-refractivity contribution is -0.128. The molecule has 2 rings (SSSR count). The summed E-state index contributed by atoms with van der Waals surface area (Å²) < 4.78 is 13.3. The molecule has 0 aromatic heterocycles. The van der Waals surface area contributed by atoms with E-state index in [0.717, 1.165) is 38.2 Å². The zero-order chi connectivity index (χ0) is 14.5. The first kappa shape index (κ1) is 14.5. The zero-order valence-corrected chi connectivity index (χ0v) is 11.6. The van der Waals surface area contributed by atoms with Crippen LogP contribution in [-0.4, -0.2) is 41.9 Å². The highest BCUT2D eigenvalue weighted by Gasteiger charge is 2.16. The monoisotopic (exact) mass is 275 g/mol. The quantitative estimate of drug-likeness (QED) is 0.826. The molecule has 0 atom stereocenters. The maximum atomic E-state index is 13.3. The van der Waals surface area contributed by atoms with Crippen LogP contribution in [0.4, 0.5) is 4.39 Å². The molecule has 1 heterocycles. The summed E-state index contributed by atoms with van der Waals surface area (Å²) in [5, 5.41) is 8.84. The van der Waals surface area contributed by atoms with E-state index < -0.39 is 5.82 Å². The summed E-state index contributed by atoms with van der Waals surface area (Å²) in [5.74, 6) is -0.365. The fraction of sp³-hybridized carbons (Fsp3) is 0.467. The summed E-state index contributed by atoms with van der Waals surface area (Å²) in [6.45, 7) is 5.50. The molecule has 0 saturated carbocycles. The van der Waals surface area contributed by atoms with Gasteiger partial charge in [-0.2, -0.15) is 5.26 Å². The van der Waals surface area contributed by atoms with Gasteiger partial charge in [-0.15, -0.1) is 0 Å². The summed E-state index contributed by atoms with van der Waals surface area (Å²) >= 11 is 0. The first-order valence-corrected chi connectivity index (χ1v) is 6.76. The fourth-order valence-electron chi connectivity index (χ4n) is 2.46. The van der Waals surface area contributed by atoms with E-state index in [1.165, 1.54) is 6.07 Å². The number of carbonyl (C=O) groups is 1. The molecule has 0 unspecified atom stereocenters. The average molecular weight is 275 g/mol. The minimum absolute atomic E-state index is 0.0858. The van der Waals surface area contributed by atoms with Gasteiger partial charge in [0.2, 0.25) is 5.91 Å². The van der Waals surface area contributed by atoms with E-state index >= 15 is 0 Å². The second-order valence-electron chi connectivity index (χ2n) is 5.06. The van der Waals surface area contributed by atoms with E-state index in [1.807, 2.05) is 11.0 Å². The van der Waals surface area contributed by atoms with E-state index in [4.69, 9.17) is 5.26 Å². The molecule has 5 heteroatoms. The molecule has 1 aromatic carbocycles. The van der Waals surface area contributed by atoms with Crippen LogP contribution in [0.15, 0.2) is 18.2 Å². The number of rotatable bonds is 2. The molecule has 1 aliphatic heterocycles. The van der Waals surface area contributed by atoms with Gasteiger partial charge in [0.05, 0.1) is 5.56 Å². The Hall–Kier alpha value is -1.93. The van der Waals surface area contributed by atoms with Crippen LogP contribution in [0.3, 0.4) is 0 Å². The molecule has 0 aliphatic carbocycles. The normalized spacial score (nSPS) is 16.6. The van der Waals surface area contributed by atoms with Crippen molar-refractivity contribution in [2.45, 2.75) is 19.9 Å². The Balaban J connectivity index is 2.00. The Kier molecular flexibility index (Phi) is 4.70. The number of hydrogen-bond donors (Lipinski definition) is 0. The molecule has 106 valence electrons. The van der Waals surface area contributed by atoms with Gasteiger partial charge in [0.1, 0.15) is 11.9 Å². The third-order valence-corrected chi connectivity index (χ3v) is 3.59. The van der Waals surface area contributed by atoms with Crippen LogP contribution < -0.4 is 0 Å². The SMILES string of the molecule is CC(=O)N1CCCN(Cc2ccc(F)c(C#N)c2)CC1. The van der Waals surface area contributed by atoms with Gasteiger partial charge in [-0.1, -0.05) is 6.07 Å². The van der Waals surface area contributed by atoms with E-state index in [-0.39, 0.29) is 11.5 Å². The van der Waals surface area contributed by atoms with Crippen molar-refractivity contribution in [1.82, 2.24) is 9.80 Å². The molecule has 1 fully saturated rings. The number of amides is 1. The number of nitriles is 1. The summed E-state index contributed by atoms with van der Waals surface area (Å²) in [5.41, 5.74) is 1.02. The number of carbonyl (C=O) groups excluding carboxylic acids is 1. The second kappa shape index (κ2) is 6.49. The van der Waals surface area contributed by atoms with E-state index in [2.05, 4.69) is 4.90 Å². The third-order valence-electron chi connectivity index (χ3n) is 3.59. The average Bonchev–Trinajstić information content (AvgIpc) is 2.66. The molecule has 1 saturated heterocycles. The van der Waals surface area contributed by atoms with Gasteiger partial charge >= 0.3 is 0 Å². The van der Waals surface area contributed by atoms with Gasteiger partial charge < -0.3 is 4.90 Å². The molecule has 0 bridgehead atoms. The number of halogens is 1. The van der Waals surface area contributed by atoms with Crippen LogP contribution in [0.25, 0.3) is 0 Å². The highest BCUT2D eigenvalue weighted by molar-refractivity contribution is 5.73. The lowest BCUT2D eigenvalue weighted by Crippen LogP contribution is -2.33. The highest BCUT2D eigenvalue weighted by Crippen LogP contribution is 2.13. The predicted molar refractivity (Wildman–Crippen MR) is 73.3 cm³/mol. The van der Waals surface area contributed by atoms with Gasteiger partial charge in [-0.05, 0) is 24.1 Å². The van der Waals surface area contributed by atoms with Gasteiger partial charge in [-0.3, -0.25) is 9.69 Å². The second-order valence-corrected chi connectivity index (χ2v) is 5.06. The van der Waals surface area contributed by atoms with Crippen LogP contribution in [0.2, 0.25) is 0 Å². The molecular weight excluding hydrogens is 257 g/mol. The molecule has 1 aliphatic rings. The summed E-state index contributed by atoms with van der Waals surface area (Å²) in [7, 11) is 0. The van der Waals surface area contributed by atoms with Gasteiger partial charge in [0.15, 0.2) is 0 Å². The standard InChI is InChI=1S/C15H18FN3O/c1-12(20)19-6-2-5-18(7-8-19)11-13-3-4-15(16)14(9-13)10-17/h3-4,9H,2,5-8,11H2,1H3. The Morgan fingerprint density at radius 1 is 1.35 bits per heavy atom. The minimum Gasteiger partial charge on any atom is -0.342 e. The van der Waals surface area contributed by atoms with Crippen molar-refractivity contribution in [2.75, 3.05) is 26.2 Å². The van der Waals surface area contributed by atoms with E-state index in [1.54, 1.807) is 19.1 Å². The summed E-state index contributed by atoms with van der Waals surface area (Å²) in [6, 6.07) is 6.51. The predicted octanol–water partition coefficient (Wildman–Crippen LogP) is 1.75. The molecule has 0 N–H and O–H groups in total. The Morgan fingerprint density at radius 3 is 2.85 bits per heavy atom. The molecule has 0 radical (unpaired) electrons. The smallest absolute Gasteiger partial charge is 0.219 e. The van der Waals surface area contributed by atoms with E-state index in [9.17, 15) is 9.18 Å². The van der Waals surface area contributed by atoms with Crippen molar-refractivity contribution in [3.63, 3.8) is 0 Å². The third kappa shape index (κ3) is 3.55. The van der Waals surface area contributed by atoms with Crippen molar-refractivity contribution in [2.24, 2.45) is 0 Å². The van der Waals surface area contributed by atoms with Crippen LogP contribution in [-0.2, 0) is 11.3 Å². The van der Waals surface area contributed by atoms with Gasteiger partial charge in [0, 0.05) is 39.6 Å². The van der Waals surface area contributed by atoms with Gasteiger partial charge in [-0.25, -0.2) is 4.39 Å². The van der Waals surface area contributed by atoms with Crippen molar-refractivity contribution in [1.29, 1.82) is 5.26 Å². The maximum absolute atomic E-state index is 13.3. The largest absolute Gasteiger partial charge is 0.342 e. The Bertz CT molecular complexity index is 538. The lowest BCUT2D eigenvalue weighted by atomic mass is 10.1. The van der Waals surface area contributed by atoms with Crippen LogP contribution in [0.5, 0.6) is 0 Å². The first-order valence-electron chi connectivity index (χ1n) is 6.76. The molecule has 20 heavy (non-hydrogen) atoms. The molecule has 4 nitrogen and oxygen atoms in total. The van der Waals surface area contributed by atoms with E-state index in [0.29, 0.717) is 6.54 Å². The Morgan fingerprint density at radius 2 is 2.15 bits per heavy atom. The minimum atomic E-state index is -0.477. The molecule has 0 spiro atoms. The number of hydrogen-bond acceptors (Lipinski definition) is 3. The molecule has 1 amide bonds. The first-order chi connectivity index (χ1) is 9.60. The van der Waals surface area contributed by atoms with Crippen molar-refractivity contribution in [3.8, 4) is 6.07 Å². The van der Waals surface area contributed by atoms with Crippen molar-refractivity contribution >= 4 is 5.91 Å². The molecule has 1 aromatic rings. The summed E-state index contributed by atoms with van der Waals surface area (Å²) in [6.07, 6.45) is 0.936. The van der Waals surface area contributed by atoms with Gasteiger partial charge in [0.25, 0.3) is 0 Å². The maximum Gasteiger partial charge on any atom is 0.219 e. The molecular formula is C15H18FN3O. The Labute approximate surface area is 118 Å². The van der Waals surface area contributed by atoms with Crippen LogP contribution >= 0.6 is 0 Å². The number of nitrogens with zero attached hydrogens (tertiary/aromatic N) is 3. The summed E-state index contributed by atoms with van der Waals surface area (Å²) in [4.78, 5) is 15.5. The van der Waals surface area contributed by atoms with Crippen molar-refractivity contribution in [3.05, 3.63) is 35.1 Å².